The molecule has 4 rings (SSSR count). The molecule has 6 nitrogen and oxygen atoms in total. The van der Waals surface area contributed by atoms with Gasteiger partial charge in [-0.2, -0.15) is 13.2 Å². The molecule has 2 N–H and O–H groups in total. The molecule has 0 saturated carbocycles. The number of halogens is 3. The summed E-state index contributed by atoms with van der Waals surface area (Å²) in [4.78, 5) is 26.2. The highest BCUT2D eigenvalue weighted by atomic mass is 19.4. The van der Waals surface area contributed by atoms with E-state index in [-0.39, 0.29) is 17.3 Å². The van der Waals surface area contributed by atoms with E-state index in [1.54, 1.807) is 35.2 Å². The third-order valence-electron chi connectivity index (χ3n) is 5.20. The van der Waals surface area contributed by atoms with Crippen LogP contribution in [0.2, 0.25) is 0 Å². The van der Waals surface area contributed by atoms with E-state index in [0.29, 0.717) is 49.4 Å². The lowest BCUT2D eigenvalue weighted by molar-refractivity contribution is -0.137. The second-order valence-corrected chi connectivity index (χ2v) is 7.06. The van der Waals surface area contributed by atoms with E-state index < -0.39 is 11.7 Å². The molecule has 9 heteroatoms. The number of hydrogen-bond acceptors (Lipinski definition) is 4. The minimum Gasteiger partial charge on any atom is -0.367 e. The number of nitrogens with one attached hydrogen (secondary N) is 2. The SMILES string of the molecule is O=CN1CCN(c2ccc(N/C=C3\C(=O)Nc4ccccc43)cc2C(F)(F)F)CC1. The maximum absolute atomic E-state index is 13.7. The van der Waals surface area contributed by atoms with Crippen LogP contribution in [-0.2, 0) is 15.8 Å². The molecule has 0 radical (unpaired) electrons. The Balaban J connectivity index is 1.60. The molecule has 2 amide bonds. The lowest BCUT2D eigenvalue weighted by Crippen LogP contribution is -2.46. The Kier molecular flexibility index (Phi) is 5.11. The lowest BCUT2D eigenvalue weighted by Gasteiger charge is -2.35. The molecule has 2 aliphatic heterocycles. The number of fused-ring (bicyclic) bond motifs is 1. The van der Waals surface area contributed by atoms with Gasteiger partial charge >= 0.3 is 6.18 Å². The highest BCUT2D eigenvalue weighted by molar-refractivity contribution is 6.31. The number of para-hydroxylation sites is 1. The largest absolute Gasteiger partial charge is 0.418 e. The topological polar surface area (TPSA) is 64.7 Å². The van der Waals surface area contributed by atoms with Gasteiger partial charge in [0.2, 0.25) is 6.41 Å². The standard InChI is InChI=1S/C21H19F3N4O2/c22-21(23,24)17-11-14(5-6-19(17)28-9-7-27(13-29)8-10-28)25-12-16-15-3-1-2-4-18(15)26-20(16)30/h1-6,11-13,25H,7-10H2,(H,26,30)/b16-12-. The minimum absolute atomic E-state index is 0.0789. The number of rotatable bonds is 4. The van der Waals surface area contributed by atoms with Crippen molar-refractivity contribution in [3.63, 3.8) is 0 Å². The summed E-state index contributed by atoms with van der Waals surface area (Å²) in [7, 11) is 0. The zero-order valence-electron chi connectivity index (χ0n) is 15.9. The average Bonchev–Trinajstić information content (AvgIpc) is 3.06. The van der Waals surface area contributed by atoms with Crippen molar-refractivity contribution in [2.24, 2.45) is 0 Å². The fourth-order valence-electron chi connectivity index (χ4n) is 3.63. The van der Waals surface area contributed by atoms with Crippen LogP contribution in [0.4, 0.5) is 30.2 Å². The van der Waals surface area contributed by atoms with Gasteiger partial charge in [0.25, 0.3) is 5.91 Å². The number of nitrogens with zero attached hydrogens (tertiary/aromatic N) is 2. The van der Waals surface area contributed by atoms with Gasteiger partial charge in [0.05, 0.1) is 11.1 Å². The van der Waals surface area contributed by atoms with Gasteiger partial charge in [0.1, 0.15) is 0 Å². The van der Waals surface area contributed by atoms with Crippen molar-refractivity contribution in [2.45, 2.75) is 6.18 Å². The fourth-order valence-corrected chi connectivity index (χ4v) is 3.63. The molecule has 156 valence electrons. The Morgan fingerprint density at radius 3 is 2.47 bits per heavy atom. The molecule has 0 bridgehead atoms. The molecular formula is C21H19F3N4O2. The van der Waals surface area contributed by atoms with E-state index in [9.17, 15) is 22.8 Å². The van der Waals surface area contributed by atoms with Crippen molar-refractivity contribution < 1.29 is 22.8 Å². The Morgan fingerprint density at radius 1 is 1.03 bits per heavy atom. The zero-order chi connectivity index (χ0) is 21.3. The molecule has 2 heterocycles. The summed E-state index contributed by atoms with van der Waals surface area (Å²) in [5, 5.41) is 5.54. The van der Waals surface area contributed by atoms with Gasteiger partial charge in [-0.3, -0.25) is 9.59 Å². The molecule has 0 unspecified atom stereocenters. The number of alkyl halides is 3. The third-order valence-corrected chi connectivity index (χ3v) is 5.20. The van der Waals surface area contributed by atoms with Gasteiger partial charge in [0, 0.05) is 55.0 Å². The Labute approximate surface area is 171 Å². The second kappa shape index (κ2) is 7.74. The van der Waals surface area contributed by atoms with Crippen LogP contribution in [0.5, 0.6) is 0 Å². The second-order valence-electron chi connectivity index (χ2n) is 7.06. The molecule has 2 aliphatic rings. The van der Waals surface area contributed by atoms with Crippen molar-refractivity contribution >= 4 is 35.0 Å². The third kappa shape index (κ3) is 3.83. The number of carbonyl (C=O) groups excluding carboxylic acids is 2. The molecule has 0 atom stereocenters. The zero-order valence-corrected chi connectivity index (χ0v) is 15.9. The first-order chi connectivity index (χ1) is 14.4. The molecule has 2 aromatic rings. The predicted octanol–water partition coefficient (Wildman–Crippen LogP) is 3.39. The summed E-state index contributed by atoms with van der Waals surface area (Å²) in [6, 6.07) is 11.1. The van der Waals surface area contributed by atoms with E-state index >= 15 is 0 Å². The lowest BCUT2D eigenvalue weighted by atomic mass is 10.1. The molecule has 30 heavy (non-hydrogen) atoms. The van der Waals surface area contributed by atoms with Crippen molar-refractivity contribution in [3.05, 3.63) is 59.8 Å². The predicted molar refractivity (Wildman–Crippen MR) is 108 cm³/mol. The fraction of sp³-hybridized carbons (Fsp3) is 0.238. The Bertz CT molecular complexity index is 1010. The summed E-state index contributed by atoms with van der Waals surface area (Å²) in [6.45, 7) is 1.41. The molecule has 2 aromatic carbocycles. The first-order valence-electron chi connectivity index (χ1n) is 9.40. The van der Waals surface area contributed by atoms with Gasteiger partial charge in [-0.15, -0.1) is 0 Å². The van der Waals surface area contributed by atoms with Gasteiger partial charge in [-0.25, -0.2) is 0 Å². The van der Waals surface area contributed by atoms with Crippen LogP contribution < -0.4 is 15.5 Å². The van der Waals surface area contributed by atoms with Gasteiger partial charge in [-0.1, -0.05) is 18.2 Å². The quantitative estimate of drug-likeness (QED) is 0.593. The normalized spacial score (nSPS) is 17.7. The van der Waals surface area contributed by atoms with Crippen molar-refractivity contribution in [1.29, 1.82) is 0 Å². The number of anilines is 3. The van der Waals surface area contributed by atoms with Crippen LogP contribution in [0.1, 0.15) is 11.1 Å². The Hall–Kier alpha value is -3.49. The van der Waals surface area contributed by atoms with Gasteiger partial charge in [-0.05, 0) is 24.3 Å². The maximum Gasteiger partial charge on any atom is 0.418 e. The van der Waals surface area contributed by atoms with Crippen LogP contribution in [0.25, 0.3) is 5.57 Å². The summed E-state index contributed by atoms with van der Waals surface area (Å²) < 4.78 is 41.2. The van der Waals surface area contributed by atoms with Crippen LogP contribution in [0, 0.1) is 0 Å². The van der Waals surface area contributed by atoms with Crippen LogP contribution in [0.15, 0.2) is 48.7 Å². The number of hydrogen-bond donors (Lipinski definition) is 2. The summed E-state index contributed by atoms with van der Waals surface area (Å²) in [6.07, 6.45) is -2.42. The summed E-state index contributed by atoms with van der Waals surface area (Å²) in [5.41, 5.74) is 1.25. The number of piperazine rings is 1. The first kappa shape index (κ1) is 19.8. The summed E-state index contributed by atoms with van der Waals surface area (Å²) in [5.74, 6) is -0.315. The molecule has 0 spiro atoms. The highest BCUT2D eigenvalue weighted by Gasteiger charge is 2.36. The summed E-state index contributed by atoms with van der Waals surface area (Å²) >= 11 is 0. The van der Waals surface area contributed by atoms with Gasteiger partial charge in [0.15, 0.2) is 0 Å². The van der Waals surface area contributed by atoms with E-state index in [1.165, 1.54) is 17.2 Å². The monoisotopic (exact) mass is 416 g/mol. The van der Waals surface area contributed by atoms with E-state index in [0.717, 1.165) is 6.07 Å². The van der Waals surface area contributed by atoms with Crippen LogP contribution >= 0.6 is 0 Å². The van der Waals surface area contributed by atoms with E-state index in [1.807, 2.05) is 0 Å². The van der Waals surface area contributed by atoms with Crippen LogP contribution in [-0.4, -0.2) is 43.4 Å². The molecule has 0 aliphatic carbocycles. The molecule has 0 aromatic heterocycles. The van der Waals surface area contributed by atoms with Crippen molar-refractivity contribution in [1.82, 2.24) is 4.90 Å². The molecular weight excluding hydrogens is 397 g/mol. The molecule has 1 saturated heterocycles. The highest BCUT2D eigenvalue weighted by Crippen LogP contribution is 2.39. The van der Waals surface area contributed by atoms with Gasteiger partial charge < -0.3 is 20.4 Å². The number of carbonyl (C=O) groups is 2. The van der Waals surface area contributed by atoms with Crippen LogP contribution in [0.3, 0.4) is 0 Å². The van der Waals surface area contributed by atoms with E-state index in [4.69, 9.17) is 0 Å². The number of benzene rings is 2. The Morgan fingerprint density at radius 2 is 1.77 bits per heavy atom. The maximum atomic E-state index is 13.7. The smallest absolute Gasteiger partial charge is 0.367 e. The number of amides is 2. The average molecular weight is 416 g/mol. The van der Waals surface area contributed by atoms with Crippen molar-refractivity contribution in [2.75, 3.05) is 41.7 Å². The van der Waals surface area contributed by atoms with E-state index in [2.05, 4.69) is 10.6 Å². The molecule has 1 fully saturated rings. The minimum atomic E-state index is -4.54. The van der Waals surface area contributed by atoms with Crippen molar-refractivity contribution in [3.8, 4) is 0 Å². The first-order valence-corrected chi connectivity index (χ1v) is 9.40.